The smallest absolute Gasteiger partial charge is 0.117 e. The van der Waals surface area contributed by atoms with Crippen LogP contribution in [0.5, 0.6) is 5.75 Å². The van der Waals surface area contributed by atoms with Gasteiger partial charge >= 0.3 is 0 Å². The summed E-state index contributed by atoms with van der Waals surface area (Å²) in [6, 6.07) is 18.9. The van der Waals surface area contributed by atoms with Crippen LogP contribution in [0.4, 0.5) is 5.69 Å². The van der Waals surface area contributed by atoms with Crippen molar-refractivity contribution >= 4 is 17.3 Å². The number of piperazine rings is 1. The summed E-state index contributed by atoms with van der Waals surface area (Å²) in [5, 5.41) is 30.7. The summed E-state index contributed by atoms with van der Waals surface area (Å²) in [5.41, 5.74) is 2.26. The van der Waals surface area contributed by atoms with Crippen LogP contribution < -0.4 is 4.90 Å². The van der Waals surface area contributed by atoms with E-state index in [4.69, 9.17) is 11.6 Å². The van der Waals surface area contributed by atoms with Gasteiger partial charge < -0.3 is 20.2 Å². The monoisotopic (exact) mass is 453 g/mol. The first-order valence-electron chi connectivity index (χ1n) is 10.7. The molecule has 0 aliphatic carbocycles. The molecule has 3 aromatic rings. The van der Waals surface area contributed by atoms with Crippen LogP contribution in [0, 0.1) is 0 Å². The molecule has 2 atom stereocenters. The number of hydrogen-bond acceptors (Lipinski definition) is 6. The first-order valence-corrected chi connectivity index (χ1v) is 11.1. The van der Waals surface area contributed by atoms with E-state index in [2.05, 4.69) is 26.9 Å². The largest absolute Gasteiger partial charge is 0.508 e. The molecular weight excluding hydrogens is 426 g/mol. The van der Waals surface area contributed by atoms with Crippen molar-refractivity contribution in [3.8, 4) is 5.75 Å². The van der Waals surface area contributed by atoms with Crippen LogP contribution in [0.3, 0.4) is 0 Å². The lowest BCUT2D eigenvalue weighted by Crippen LogP contribution is -2.52. The second kappa shape index (κ2) is 9.46. The summed E-state index contributed by atoms with van der Waals surface area (Å²) in [7, 11) is 0. The molecular formula is C25H28ClN3O3. The third-order valence-electron chi connectivity index (χ3n) is 6.03. The van der Waals surface area contributed by atoms with E-state index in [1.165, 1.54) is 0 Å². The quantitative estimate of drug-likeness (QED) is 0.528. The van der Waals surface area contributed by atoms with E-state index in [-0.39, 0.29) is 18.4 Å². The average Bonchev–Trinajstić information content (AvgIpc) is 2.80. The number of β-amino-alcohol motifs (C(OH)–C–C–N with tert-alkyl or cyclic N) is 1. The van der Waals surface area contributed by atoms with Gasteiger partial charge in [-0.25, -0.2) is 0 Å². The first-order chi connectivity index (χ1) is 15.4. The fourth-order valence-electron chi connectivity index (χ4n) is 4.32. The minimum atomic E-state index is -1.08. The molecule has 1 aromatic heterocycles. The van der Waals surface area contributed by atoms with Gasteiger partial charge in [0.1, 0.15) is 11.4 Å². The lowest BCUT2D eigenvalue weighted by atomic mass is 9.95. The molecule has 0 bridgehead atoms. The summed E-state index contributed by atoms with van der Waals surface area (Å²) in [6.07, 6.45) is 1.63. The predicted octanol–water partition coefficient (Wildman–Crippen LogP) is 3.70. The molecule has 1 saturated heterocycles. The maximum absolute atomic E-state index is 11.2. The van der Waals surface area contributed by atoms with Crippen molar-refractivity contribution in [3.63, 3.8) is 0 Å². The van der Waals surface area contributed by atoms with E-state index in [0.29, 0.717) is 23.8 Å². The zero-order chi connectivity index (χ0) is 22.7. The number of aliphatic hydroxyl groups is 2. The number of nitrogens with zero attached hydrogens (tertiary/aromatic N) is 3. The van der Waals surface area contributed by atoms with Gasteiger partial charge in [-0.3, -0.25) is 9.88 Å². The highest BCUT2D eigenvalue weighted by Crippen LogP contribution is 2.37. The van der Waals surface area contributed by atoms with E-state index in [0.717, 1.165) is 29.9 Å². The van der Waals surface area contributed by atoms with Gasteiger partial charge in [-0.15, -0.1) is 0 Å². The Morgan fingerprint density at radius 2 is 1.88 bits per heavy atom. The molecule has 3 N–H and O–H groups in total. The van der Waals surface area contributed by atoms with Crippen LogP contribution in [-0.2, 0) is 12.2 Å². The van der Waals surface area contributed by atoms with Gasteiger partial charge in [-0.05, 0) is 30.7 Å². The summed E-state index contributed by atoms with van der Waals surface area (Å²) >= 11 is 6.48. The van der Waals surface area contributed by atoms with Gasteiger partial charge in [0.25, 0.3) is 0 Å². The molecule has 0 spiro atoms. The fraction of sp³-hybridized carbons (Fsp3) is 0.320. The van der Waals surface area contributed by atoms with Crippen molar-refractivity contribution in [2.75, 3.05) is 31.1 Å². The molecule has 0 radical (unpaired) electrons. The van der Waals surface area contributed by atoms with Crippen LogP contribution in [-0.4, -0.2) is 51.4 Å². The van der Waals surface area contributed by atoms with Gasteiger partial charge in [0.2, 0.25) is 0 Å². The number of pyridine rings is 1. The average molecular weight is 454 g/mol. The van der Waals surface area contributed by atoms with E-state index < -0.39 is 5.60 Å². The number of phenolic OH excluding ortho intramolecular Hbond substituents is 1. The highest BCUT2D eigenvalue weighted by Gasteiger charge is 2.34. The first kappa shape index (κ1) is 22.6. The number of halogens is 1. The van der Waals surface area contributed by atoms with Gasteiger partial charge in [0.15, 0.2) is 0 Å². The Morgan fingerprint density at radius 3 is 2.53 bits per heavy atom. The minimum Gasteiger partial charge on any atom is -0.508 e. The van der Waals surface area contributed by atoms with Crippen LogP contribution in [0.1, 0.15) is 29.8 Å². The van der Waals surface area contributed by atoms with E-state index >= 15 is 0 Å². The molecule has 0 amide bonds. The topological polar surface area (TPSA) is 80.1 Å². The Kier molecular flexibility index (Phi) is 6.67. The van der Waals surface area contributed by atoms with E-state index in [9.17, 15) is 15.3 Å². The Bertz CT molecular complexity index is 1040. The van der Waals surface area contributed by atoms with Gasteiger partial charge in [-0.2, -0.15) is 0 Å². The van der Waals surface area contributed by atoms with Crippen LogP contribution in [0.15, 0.2) is 66.9 Å². The van der Waals surface area contributed by atoms with E-state index in [1.807, 2.05) is 30.3 Å². The van der Waals surface area contributed by atoms with Gasteiger partial charge in [0, 0.05) is 44.0 Å². The lowest BCUT2D eigenvalue weighted by molar-refractivity contribution is 0.00997. The third-order valence-corrected chi connectivity index (χ3v) is 6.33. The molecule has 2 heterocycles. The Morgan fingerprint density at radius 1 is 1.09 bits per heavy atom. The summed E-state index contributed by atoms with van der Waals surface area (Å²) in [5.74, 6) is 0.144. The summed E-state index contributed by atoms with van der Waals surface area (Å²) in [4.78, 5) is 8.73. The van der Waals surface area contributed by atoms with Crippen LogP contribution in [0.25, 0.3) is 0 Å². The molecule has 1 aliphatic heterocycles. The van der Waals surface area contributed by atoms with Crippen molar-refractivity contribution in [1.29, 1.82) is 0 Å². The number of aliphatic hydroxyl groups excluding tert-OH is 1. The zero-order valence-corrected chi connectivity index (χ0v) is 18.8. The standard InChI is InChI=1S/C25H28ClN3O3/c1-25(32,19-7-8-20(16-30)27-14-19)17-28-11-12-29(23-10-9-21(31)13-22(23)26)24(15-28)18-5-3-2-4-6-18/h2-10,13-14,24,30-32H,11-12,15-17H2,1H3/t24-,25+/m0/s1. The fourth-order valence-corrected chi connectivity index (χ4v) is 4.61. The highest BCUT2D eigenvalue weighted by molar-refractivity contribution is 6.33. The number of benzene rings is 2. The normalized spacial score (nSPS) is 19.0. The van der Waals surface area contributed by atoms with Crippen molar-refractivity contribution in [2.24, 2.45) is 0 Å². The molecule has 7 heteroatoms. The zero-order valence-electron chi connectivity index (χ0n) is 18.0. The van der Waals surface area contributed by atoms with E-state index in [1.54, 1.807) is 31.3 Å². The van der Waals surface area contributed by atoms with Crippen molar-refractivity contribution in [1.82, 2.24) is 9.88 Å². The van der Waals surface area contributed by atoms with Crippen LogP contribution in [0.2, 0.25) is 5.02 Å². The Hall–Kier alpha value is -2.64. The number of hydrogen-bond donors (Lipinski definition) is 3. The summed E-state index contributed by atoms with van der Waals surface area (Å²) < 4.78 is 0. The molecule has 0 saturated carbocycles. The molecule has 32 heavy (non-hydrogen) atoms. The second-order valence-electron chi connectivity index (χ2n) is 8.46. The predicted molar refractivity (Wildman–Crippen MR) is 126 cm³/mol. The molecule has 168 valence electrons. The lowest BCUT2D eigenvalue weighted by Gasteiger charge is -2.45. The van der Waals surface area contributed by atoms with Crippen molar-refractivity contribution in [2.45, 2.75) is 25.2 Å². The second-order valence-corrected chi connectivity index (χ2v) is 8.87. The molecule has 1 fully saturated rings. The highest BCUT2D eigenvalue weighted by atomic mass is 35.5. The molecule has 4 rings (SSSR count). The molecule has 2 aromatic carbocycles. The van der Waals surface area contributed by atoms with Crippen molar-refractivity contribution < 1.29 is 15.3 Å². The SMILES string of the molecule is C[C@@](O)(CN1CCN(c2ccc(O)cc2Cl)[C@H](c2ccccc2)C1)c1ccc(CO)nc1. The van der Waals surface area contributed by atoms with Crippen LogP contribution >= 0.6 is 11.6 Å². The summed E-state index contributed by atoms with van der Waals surface area (Å²) in [6.45, 7) is 4.31. The number of phenols is 1. The number of anilines is 1. The Labute approximate surface area is 193 Å². The number of aromatic hydroxyl groups is 1. The Balaban J connectivity index is 1.58. The number of rotatable bonds is 6. The molecule has 6 nitrogen and oxygen atoms in total. The third kappa shape index (κ3) is 4.89. The van der Waals surface area contributed by atoms with Gasteiger partial charge in [-0.1, -0.05) is 48.0 Å². The maximum atomic E-state index is 11.2. The number of aromatic nitrogens is 1. The molecule has 0 unspecified atom stereocenters. The molecule has 1 aliphatic rings. The van der Waals surface area contributed by atoms with Gasteiger partial charge in [0.05, 0.1) is 29.1 Å². The van der Waals surface area contributed by atoms with Crippen molar-refractivity contribution in [3.05, 3.63) is 88.7 Å². The maximum Gasteiger partial charge on any atom is 0.117 e. The minimum absolute atomic E-state index is 0.0395.